The second-order valence-electron chi connectivity index (χ2n) is 4.14. The van der Waals surface area contributed by atoms with Crippen LogP contribution in [0.2, 0.25) is 0 Å². The summed E-state index contributed by atoms with van der Waals surface area (Å²) in [5.74, 6) is -0.148. The van der Waals surface area contributed by atoms with Crippen LogP contribution in [0.25, 0.3) is 0 Å². The van der Waals surface area contributed by atoms with Gasteiger partial charge in [0.25, 0.3) is 5.91 Å². The Kier molecular flexibility index (Phi) is 4.11. The van der Waals surface area contributed by atoms with Gasteiger partial charge in [0, 0.05) is 19.3 Å². The fraction of sp³-hybridized carbons (Fsp3) is 0.308. The third-order valence-corrected chi connectivity index (χ3v) is 3.53. The minimum atomic E-state index is -0.148. The van der Waals surface area contributed by atoms with Crippen molar-refractivity contribution in [1.29, 1.82) is 0 Å². The first-order chi connectivity index (χ1) is 9.11. The van der Waals surface area contributed by atoms with E-state index in [1.165, 1.54) is 11.3 Å². The molecule has 0 aliphatic carbocycles. The Morgan fingerprint density at radius 3 is 2.63 bits per heavy atom. The number of nitrogens with one attached hydrogen (secondary N) is 1. The Bertz CT molecular complexity index is 564. The number of hydrogen-bond acceptors (Lipinski definition) is 5. The minimum Gasteiger partial charge on any atom is -0.360 e. The minimum absolute atomic E-state index is 0.148. The summed E-state index contributed by atoms with van der Waals surface area (Å²) in [7, 11) is 1.74. The molecule has 0 unspecified atom stereocenters. The fourth-order valence-electron chi connectivity index (χ4n) is 1.56. The molecule has 1 aromatic heterocycles. The summed E-state index contributed by atoms with van der Waals surface area (Å²) in [6.45, 7) is 4.75. The molecule has 1 amide bonds. The van der Waals surface area contributed by atoms with Gasteiger partial charge >= 0.3 is 0 Å². The van der Waals surface area contributed by atoms with E-state index in [0.717, 1.165) is 17.8 Å². The molecule has 0 radical (unpaired) electrons. The van der Waals surface area contributed by atoms with Gasteiger partial charge in [0.05, 0.1) is 0 Å². The van der Waals surface area contributed by atoms with Gasteiger partial charge in [0.15, 0.2) is 0 Å². The molecule has 0 spiro atoms. The van der Waals surface area contributed by atoms with Crippen LogP contribution in [-0.2, 0) is 0 Å². The van der Waals surface area contributed by atoms with Crippen molar-refractivity contribution in [2.24, 2.45) is 0 Å². The van der Waals surface area contributed by atoms with Crippen molar-refractivity contribution in [3.63, 3.8) is 0 Å². The highest BCUT2D eigenvalue weighted by Gasteiger charge is 2.18. The SMILES string of the molecule is CCNc1nnc(C(=O)N(C)c2ccc(C)cc2)s1. The molecule has 0 aliphatic heterocycles. The molecule has 2 rings (SSSR count). The molecule has 2 aromatic rings. The predicted molar refractivity (Wildman–Crippen MR) is 78.0 cm³/mol. The average Bonchev–Trinajstić information content (AvgIpc) is 2.87. The first-order valence-corrected chi connectivity index (χ1v) is 6.85. The molecule has 0 atom stereocenters. The molecule has 19 heavy (non-hydrogen) atoms. The van der Waals surface area contributed by atoms with Gasteiger partial charge in [-0.15, -0.1) is 10.2 Å². The van der Waals surface area contributed by atoms with Crippen LogP contribution in [0.3, 0.4) is 0 Å². The Morgan fingerprint density at radius 2 is 2.00 bits per heavy atom. The summed E-state index contributed by atoms with van der Waals surface area (Å²) < 4.78 is 0. The van der Waals surface area contributed by atoms with Crippen LogP contribution in [-0.4, -0.2) is 29.7 Å². The number of nitrogens with zero attached hydrogens (tertiary/aromatic N) is 3. The lowest BCUT2D eigenvalue weighted by Crippen LogP contribution is -2.26. The third kappa shape index (κ3) is 3.08. The molecule has 0 saturated heterocycles. The summed E-state index contributed by atoms with van der Waals surface area (Å²) >= 11 is 1.27. The second kappa shape index (κ2) is 5.79. The van der Waals surface area contributed by atoms with Crippen molar-refractivity contribution in [3.8, 4) is 0 Å². The van der Waals surface area contributed by atoms with Crippen LogP contribution in [0.4, 0.5) is 10.8 Å². The topological polar surface area (TPSA) is 58.1 Å². The van der Waals surface area contributed by atoms with Crippen LogP contribution in [0.15, 0.2) is 24.3 Å². The van der Waals surface area contributed by atoms with Gasteiger partial charge in [-0.3, -0.25) is 4.79 Å². The van der Waals surface area contributed by atoms with Crippen LogP contribution in [0.5, 0.6) is 0 Å². The van der Waals surface area contributed by atoms with Crippen molar-refractivity contribution in [2.45, 2.75) is 13.8 Å². The first-order valence-electron chi connectivity index (χ1n) is 6.04. The van der Waals surface area contributed by atoms with E-state index in [4.69, 9.17) is 0 Å². The molecule has 1 heterocycles. The monoisotopic (exact) mass is 276 g/mol. The van der Waals surface area contributed by atoms with Gasteiger partial charge in [0.1, 0.15) is 0 Å². The third-order valence-electron chi connectivity index (χ3n) is 2.66. The van der Waals surface area contributed by atoms with Gasteiger partial charge in [-0.2, -0.15) is 0 Å². The molecule has 0 aliphatic rings. The van der Waals surface area contributed by atoms with Gasteiger partial charge in [0.2, 0.25) is 10.1 Å². The van der Waals surface area contributed by atoms with E-state index in [-0.39, 0.29) is 5.91 Å². The first kappa shape index (κ1) is 13.5. The molecule has 0 bridgehead atoms. The van der Waals surface area contributed by atoms with Crippen LogP contribution in [0.1, 0.15) is 22.3 Å². The van der Waals surface area contributed by atoms with Crippen molar-refractivity contribution in [2.75, 3.05) is 23.8 Å². The smallest absolute Gasteiger partial charge is 0.289 e. The van der Waals surface area contributed by atoms with Gasteiger partial charge in [-0.25, -0.2) is 0 Å². The summed E-state index contributed by atoms with van der Waals surface area (Å²) in [4.78, 5) is 13.8. The highest BCUT2D eigenvalue weighted by molar-refractivity contribution is 7.17. The maximum Gasteiger partial charge on any atom is 0.289 e. The Balaban J connectivity index is 2.15. The number of rotatable bonds is 4. The van der Waals surface area contributed by atoms with Crippen molar-refractivity contribution < 1.29 is 4.79 Å². The summed E-state index contributed by atoms with van der Waals surface area (Å²) in [5, 5.41) is 11.9. The lowest BCUT2D eigenvalue weighted by atomic mass is 10.2. The molecular formula is C13H16N4OS. The van der Waals surface area contributed by atoms with E-state index >= 15 is 0 Å². The largest absolute Gasteiger partial charge is 0.360 e. The lowest BCUT2D eigenvalue weighted by molar-refractivity contribution is 0.0992. The van der Waals surface area contributed by atoms with E-state index in [9.17, 15) is 4.79 Å². The number of amides is 1. The number of hydrogen-bond donors (Lipinski definition) is 1. The number of anilines is 2. The molecule has 6 heteroatoms. The van der Waals surface area contributed by atoms with Gasteiger partial charge < -0.3 is 10.2 Å². The maximum atomic E-state index is 12.3. The molecule has 0 saturated carbocycles. The summed E-state index contributed by atoms with van der Waals surface area (Å²) in [5.41, 5.74) is 2.01. The Labute approximate surface area is 116 Å². The standard InChI is InChI=1S/C13H16N4OS/c1-4-14-13-16-15-11(19-13)12(18)17(3)10-7-5-9(2)6-8-10/h5-8H,4H2,1-3H3,(H,14,16). The van der Waals surface area contributed by atoms with E-state index in [1.807, 2.05) is 38.1 Å². The normalized spacial score (nSPS) is 10.3. The fourth-order valence-corrected chi connectivity index (χ4v) is 2.35. The van der Waals surface area contributed by atoms with E-state index in [0.29, 0.717) is 10.1 Å². The van der Waals surface area contributed by atoms with Crippen LogP contribution >= 0.6 is 11.3 Å². The summed E-state index contributed by atoms with van der Waals surface area (Å²) in [6, 6.07) is 7.78. The van der Waals surface area contributed by atoms with Crippen LogP contribution < -0.4 is 10.2 Å². The number of benzene rings is 1. The highest BCUT2D eigenvalue weighted by Crippen LogP contribution is 2.20. The number of carbonyl (C=O) groups excluding carboxylic acids is 1. The van der Waals surface area contributed by atoms with Crippen molar-refractivity contribution >= 4 is 28.1 Å². The molecule has 1 N–H and O–H groups in total. The van der Waals surface area contributed by atoms with E-state index in [2.05, 4.69) is 15.5 Å². The number of aromatic nitrogens is 2. The zero-order chi connectivity index (χ0) is 13.8. The zero-order valence-corrected chi connectivity index (χ0v) is 12.0. The number of carbonyl (C=O) groups is 1. The second-order valence-corrected chi connectivity index (χ2v) is 5.12. The zero-order valence-electron chi connectivity index (χ0n) is 11.2. The van der Waals surface area contributed by atoms with Gasteiger partial charge in [-0.05, 0) is 26.0 Å². The molecule has 5 nitrogen and oxygen atoms in total. The van der Waals surface area contributed by atoms with Crippen molar-refractivity contribution in [3.05, 3.63) is 34.8 Å². The van der Waals surface area contributed by atoms with Crippen molar-refractivity contribution in [1.82, 2.24) is 10.2 Å². The Morgan fingerprint density at radius 1 is 1.32 bits per heavy atom. The summed E-state index contributed by atoms with van der Waals surface area (Å²) in [6.07, 6.45) is 0. The Hall–Kier alpha value is -1.95. The van der Waals surface area contributed by atoms with E-state index < -0.39 is 0 Å². The highest BCUT2D eigenvalue weighted by atomic mass is 32.1. The molecular weight excluding hydrogens is 260 g/mol. The molecule has 100 valence electrons. The quantitative estimate of drug-likeness (QED) is 0.932. The van der Waals surface area contributed by atoms with Crippen LogP contribution in [0, 0.1) is 6.92 Å². The molecule has 0 fully saturated rings. The maximum absolute atomic E-state index is 12.3. The average molecular weight is 276 g/mol. The molecule has 1 aromatic carbocycles. The number of aryl methyl sites for hydroxylation is 1. The predicted octanol–water partition coefficient (Wildman–Crippen LogP) is 2.55. The lowest BCUT2D eigenvalue weighted by Gasteiger charge is -2.15. The van der Waals surface area contributed by atoms with E-state index in [1.54, 1.807) is 11.9 Å². The van der Waals surface area contributed by atoms with Gasteiger partial charge in [-0.1, -0.05) is 29.0 Å².